The van der Waals surface area contributed by atoms with Crippen LogP contribution in [0.2, 0.25) is 0 Å². The van der Waals surface area contributed by atoms with Crippen LogP contribution >= 0.6 is 0 Å². The van der Waals surface area contributed by atoms with E-state index in [9.17, 15) is 4.79 Å². The molecule has 0 atom stereocenters. The van der Waals surface area contributed by atoms with Gasteiger partial charge in [0.2, 0.25) is 0 Å². The highest BCUT2D eigenvalue weighted by atomic mass is 16.1. The lowest BCUT2D eigenvalue weighted by molar-refractivity contribution is 0.101. The zero-order chi connectivity index (χ0) is 19.0. The number of ketones is 1. The Bertz CT molecular complexity index is 983. The van der Waals surface area contributed by atoms with Gasteiger partial charge in [-0.15, -0.1) is 0 Å². The quantitative estimate of drug-likeness (QED) is 0.666. The zero-order valence-corrected chi connectivity index (χ0v) is 16.3. The second-order valence-corrected chi connectivity index (χ2v) is 7.29. The highest BCUT2D eigenvalue weighted by Gasteiger charge is 2.17. The third-order valence-corrected chi connectivity index (χ3v) is 5.40. The lowest BCUT2D eigenvalue weighted by Crippen LogP contribution is -2.44. The van der Waals surface area contributed by atoms with Crippen LogP contribution in [0.5, 0.6) is 0 Å². The van der Waals surface area contributed by atoms with Gasteiger partial charge in [0.1, 0.15) is 5.82 Å². The number of nitrogens with zero attached hydrogens (tertiary/aromatic N) is 4. The number of carbonyl (C=O) groups excluding carboxylic acids is 1. The molecule has 140 valence electrons. The van der Waals surface area contributed by atoms with Gasteiger partial charge in [-0.05, 0) is 50.4 Å². The van der Waals surface area contributed by atoms with Crippen molar-refractivity contribution in [1.82, 2.24) is 14.5 Å². The summed E-state index contributed by atoms with van der Waals surface area (Å²) in [5.41, 5.74) is 5.02. The molecule has 1 aromatic heterocycles. The van der Waals surface area contributed by atoms with E-state index in [0.29, 0.717) is 5.56 Å². The number of imidazole rings is 1. The van der Waals surface area contributed by atoms with Crippen molar-refractivity contribution in [2.75, 3.05) is 38.1 Å². The molecule has 5 heteroatoms. The number of anilines is 1. The number of fused-ring (bicyclic) bond motifs is 1. The molecule has 0 amide bonds. The van der Waals surface area contributed by atoms with Crippen LogP contribution < -0.4 is 4.90 Å². The maximum atomic E-state index is 11.7. The monoisotopic (exact) mass is 362 g/mol. The number of aromatic nitrogens is 2. The van der Waals surface area contributed by atoms with Crippen molar-refractivity contribution >= 4 is 22.5 Å². The van der Waals surface area contributed by atoms with Gasteiger partial charge in [-0.2, -0.15) is 0 Å². The number of carbonyl (C=O) groups is 1. The number of hydrogen-bond donors (Lipinski definition) is 0. The third kappa shape index (κ3) is 3.35. The maximum Gasteiger partial charge on any atom is 0.159 e. The molecule has 0 saturated carbocycles. The van der Waals surface area contributed by atoms with Gasteiger partial charge in [-0.1, -0.05) is 13.0 Å². The van der Waals surface area contributed by atoms with Gasteiger partial charge in [0.05, 0.1) is 11.0 Å². The molecule has 4 rings (SSSR count). The molecule has 0 bridgehead atoms. The molecule has 0 radical (unpaired) electrons. The summed E-state index contributed by atoms with van der Waals surface area (Å²) < 4.78 is 2.22. The minimum atomic E-state index is 0.0709. The molecule has 0 aliphatic carbocycles. The van der Waals surface area contributed by atoms with Crippen molar-refractivity contribution in [2.45, 2.75) is 20.3 Å². The number of hydrogen-bond acceptors (Lipinski definition) is 4. The van der Waals surface area contributed by atoms with Gasteiger partial charge in [0, 0.05) is 49.5 Å². The number of benzene rings is 2. The Hall–Kier alpha value is -2.66. The highest BCUT2D eigenvalue weighted by molar-refractivity contribution is 5.97. The summed E-state index contributed by atoms with van der Waals surface area (Å²) in [6.07, 6.45) is 0.836. The lowest BCUT2D eigenvalue weighted by atomic mass is 10.1. The first-order chi connectivity index (χ1) is 13.1. The van der Waals surface area contributed by atoms with E-state index < -0.39 is 0 Å². The van der Waals surface area contributed by atoms with Gasteiger partial charge in [0.25, 0.3) is 0 Å². The topological polar surface area (TPSA) is 41.4 Å². The van der Waals surface area contributed by atoms with Gasteiger partial charge in [0.15, 0.2) is 5.78 Å². The van der Waals surface area contributed by atoms with Gasteiger partial charge in [-0.25, -0.2) is 4.98 Å². The fraction of sp³-hybridized carbons (Fsp3) is 0.364. The minimum absolute atomic E-state index is 0.0709. The second-order valence-electron chi connectivity index (χ2n) is 7.29. The van der Waals surface area contributed by atoms with E-state index in [1.807, 2.05) is 18.2 Å². The Morgan fingerprint density at radius 2 is 1.78 bits per heavy atom. The number of rotatable bonds is 4. The molecule has 27 heavy (non-hydrogen) atoms. The Labute approximate surface area is 160 Å². The molecule has 2 heterocycles. The van der Waals surface area contributed by atoms with E-state index in [2.05, 4.69) is 52.6 Å². The molecule has 5 nitrogen and oxygen atoms in total. The molecule has 1 saturated heterocycles. The van der Waals surface area contributed by atoms with Crippen LogP contribution in [-0.2, 0) is 6.42 Å². The van der Waals surface area contributed by atoms with Crippen LogP contribution in [0.15, 0.2) is 42.5 Å². The maximum absolute atomic E-state index is 11.7. The Kier molecular flexibility index (Phi) is 4.70. The van der Waals surface area contributed by atoms with Crippen molar-refractivity contribution in [2.24, 2.45) is 0 Å². The molecule has 1 aliphatic rings. The van der Waals surface area contributed by atoms with Crippen LogP contribution in [0.3, 0.4) is 0 Å². The van der Waals surface area contributed by atoms with Crippen LogP contribution in [0.1, 0.15) is 30.0 Å². The normalized spacial score (nSPS) is 15.4. The Balaban J connectivity index is 1.77. The summed E-state index contributed by atoms with van der Waals surface area (Å²) in [5.74, 6) is 1.09. The van der Waals surface area contributed by atoms with E-state index in [1.165, 1.54) is 5.69 Å². The number of piperazine rings is 1. The van der Waals surface area contributed by atoms with Gasteiger partial charge < -0.3 is 9.80 Å². The number of likely N-dealkylation sites (N-methyl/N-ethyl adjacent to an activating group) is 1. The van der Waals surface area contributed by atoms with E-state index in [4.69, 9.17) is 4.98 Å². The minimum Gasteiger partial charge on any atom is -0.369 e. The second kappa shape index (κ2) is 7.16. The predicted molar refractivity (Wildman–Crippen MR) is 110 cm³/mol. The van der Waals surface area contributed by atoms with Crippen molar-refractivity contribution in [1.29, 1.82) is 0 Å². The largest absolute Gasteiger partial charge is 0.369 e. The van der Waals surface area contributed by atoms with E-state index in [-0.39, 0.29) is 5.78 Å². The molecular weight excluding hydrogens is 336 g/mol. The average molecular weight is 362 g/mol. The van der Waals surface area contributed by atoms with Crippen LogP contribution in [0.25, 0.3) is 16.7 Å². The van der Waals surface area contributed by atoms with Gasteiger partial charge in [-0.3, -0.25) is 9.36 Å². The zero-order valence-electron chi connectivity index (χ0n) is 16.3. The van der Waals surface area contributed by atoms with Crippen LogP contribution in [0, 0.1) is 0 Å². The van der Waals surface area contributed by atoms with E-state index in [0.717, 1.165) is 55.1 Å². The molecule has 2 aromatic carbocycles. The Morgan fingerprint density at radius 1 is 1.04 bits per heavy atom. The van der Waals surface area contributed by atoms with Crippen molar-refractivity contribution in [3.8, 4) is 5.69 Å². The predicted octanol–water partition coefficient (Wildman–Crippen LogP) is 3.54. The SMILES string of the molecule is CCc1nc2cc(C(C)=O)ccc2n1-c1cccc(N2CCN(C)CC2)c1. The van der Waals surface area contributed by atoms with Crippen molar-refractivity contribution in [3.05, 3.63) is 53.9 Å². The first-order valence-corrected chi connectivity index (χ1v) is 9.63. The fourth-order valence-corrected chi connectivity index (χ4v) is 3.77. The van der Waals surface area contributed by atoms with Crippen LogP contribution in [-0.4, -0.2) is 53.5 Å². The molecule has 1 aliphatic heterocycles. The summed E-state index contributed by atoms with van der Waals surface area (Å²) in [4.78, 5) is 21.3. The molecular formula is C22H26N4O. The summed E-state index contributed by atoms with van der Waals surface area (Å²) >= 11 is 0. The fourth-order valence-electron chi connectivity index (χ4n) is 3.77. The Morgan fingerprint density at radius 3 is 2.48 bits per heavy atom. The molecule has 1 fully saturated rings. The first-order valence-electron chi connectivity index (χ1n) is 9.63. The van der Waals surface area contributed by atoms with Gasteiger partial charge >= 0.3 is 0 Å². The summed E-state index contributed by atoms with van der Waals surface area (Å²) in [6.45, 7) is 7.99. The summed E-state index contributed by atoms with van der Waals surface area (Å²) in [7, 11) is 2.17. The standard InChI is InChI=1S/C22H26N4O/c1-4-22-23-20-14-17(16(2)27)8-9-21(20)26(22)19-7-5-6-18(15-19)25-12-10-24(3)11-13-25/h5-9,14-15H,4,10-13H2,1-3H3. The lowest BCUT2D eigenvalue weighted by Gasteiger charge is -2.34. The van der Waals surface area contributed by atoms with E-state index >= 15 is 0 Å². The first kappa shape index (κ1) is 17.7. The summed E-state index contributed by atoms with van der Waals surface area (Å²) in [5, 5.41) is 0. The highest BCUT2D eigenvalue weighted by Crippen LogP contribution is 2.26. The van der Waals surface area contributed by atoms with Crippen molar-refractivity contribution in [3.63, 3.8) is 0 Å². The van der Waals surface area contributed by atoms with Crippen molar-refractivity contribution < 1.29 is 4.79 Å². The molecule has 0 spiro atoms. The van der Waals surface area contributed by atoms with E-state index in [1.54, 1.807) is 6.92 Å². The number of Topliss-reactive ketones (excluding diaryl/α,β-unsaturated/α-hetero) is 1. The molecule has 3 aromatic rings. The molecule has 0 unspecified atom stereocenters. The number of aryl methyl sites for hydroxylation is 1. The third-order valence-electron chi connectivity index (χ3n) is 5.40. The van der Waals surface area contributed by atoms with Crippen LogP contribution in [0.4, 0.5) is 5.69 Å². The average Bonchev–Trinajstić information content (AvgIpc) is 3.06. The smallest absolute Gasteiger partial charge is 0.159 e. The summed E-state index contributed by atoms with van der Waals surface area (Å²) in [6, 6.07) is 14.5. The molecule has 0 N–H and O–H groups in total.